The number of primary amides is 1. The molecule has 5 aromatic carbocycles. The largest absolute Gasteiger partial charge is 0.485 e. The molecule has 0 unspecified atom stereocenters. The highest BCUT2D eigenvalue weighted by Crippen LogP contribution is 2.40. The zero-order valence-electron chi connectivity index (χ0n) is 35.8. The van der Waals surface area contributed by atoms with Gasteiger partial charge in [-0.3, -0.25) is 28.8 Å². The maximum absolute atomic E-state index is 13.6. The standard InChI is InChI=1S/C49H45N7O10/c1-5-25-64-42-38(47(61)53-36-21-15-34(16-22-36)49(63)65-26-6-2)23-24-39(43(42)66-29(3)4)55-45(59)32-13-19-37(20-14-32)54-48(62)40(27-41(51)57)56-46(60)33-11-17-35(18-12-33)52-44(58)31-9-7-30(28-50)8-10-31/h5-24,29,40H,1-2,25-27H2,3-4H3,(H2,51,57)(H,52,58)(H,53,61)(H,54,62)(H,55,59)(H,56,60)/t40-/m0/s1. The number of ether oxygens (including phenoxy) is 3. The van der Waals surface area contributed by atoms with Crippen LogP contribution >= 0.6 is 0 Å². The third-order valence-electron chi connectivity index (χ3n) is 9.14. The number of anilines is 4. The van der Waals surface area contributed by atoms with Crippen LogP contribution < -0.4 is 41.8 Å². The predicted molar refractivity (Wildman–Crippen MR) is 246 cm³/mol. The Bertz CT molecular complexity index is 2670. The van der Waals surface area contributed by atoms with E-state index in [0.717, 1.165) is 0 Å². The minimum Gasteiger partial charge on any atom is -0.485 e. The third kappa shape index (κ3) is 13.2. The minimum atomic E-state index is -1.38. The van der Waals surface area contributed by atoms with E-state index in [0.29, 0.717) is 22.5 Å². The molecule has 0 aliphatic heterocycles. The van der Waals surface area contributed by atoms with Crippen LogP contribution in [0.4, 0.5) is 22.7 Å². The fraction of sp³-hybridized carbons (Fsp3) is 0.143. The summed E-state index contributed by atoms with van der Waals surface area (Å²) in [5, 5.41) is 22.4. The molecule has 0 bridgehead atoms. The molecule has 17 heteroatoms. The van der Waals surface area contributed by atoms with Crippen molar-refractivity contribution >= 4 is 64.2 Å². The summed E-state index contributed by atoms with van der Waals surface area (Å²) in [6.07, 6.45) is 1.97. The van der Waals surface area contributed by atoms with Gasteiger partial charge in [-0.05, 0) is 123 Å². The zero-order valence-corrected chi connectivity index (χ0v) is 35.8. The lowest BCUT2D eigenvalue weighted by Crippen LogP contribution is -2.46. The molecule has 66 heavy (non-hydrogen) atoms. The fourth-order valence-corrected chi connectivity index (χ4v) is 5.97. The Balaban J connectivity index is 1.25. The van der Waals surface area contributed by atoms with E-state index in [1.165, 1.54) is 121 Å². The van der Waals surface area contributed by atoms with Gasteiger partial charge in [-0.2, -0.15) is 5.26 Å². The Hall–Kier alpha value is -9.04. The van der Waals surface area contributed by atoms with Crippen LogP contribution in [0.25, 0.3) is 0 Å². The van der Waals surface area contributed by atoms with Gasteiger partial charge in [0, 0.05) is 33.8 Å². The number of carbonyl (C=O) groups excluding carboxylic acids is 7. The van der Waals surface area contributed by atoms with Gasteiger partial charge in [0.25, 0.3) is 23.6 Å². The molecular formula is C49H45N7O10. The smallest absolute Gasteiger partial charge is 0.338 e. The van der Waals surface area contributed by atoms with Crippen molar-refractivity contribution in [1.82, 2.24) is 5.32 Å². The van der Waals surface area contributed by atoms with Crippen LogP contribution in [0.3, 0.4) is 0 Å². The van der Waals surface area contributed by atoms with Crippen LogP contribution in [0.1, 0.15) is 77.6 Å². The van der Waals surface area contributed by atoms with E-state index in [2.05, 4.69) is 39.7 Å². The molecule has 5 rings (SSSR count). The van der Waals surface area contributed by atoms with Crippen molar-refractivity contribution in [2.75, 3.05) is 34.5 Å². The van der Waals surface area contributed by atoms with Crippen molar-refractivity contribution < 1.29 is 47.8 Å². The van der Waals surface area contributed by atoms with Crippen LogP contribution in [0, 0.1) is 11.3 Å². The number of nitrogens with two attached hydrogens (primary N) is 1. The number of nitrogens with one attached hydrogen (secondary N) is 5. The first kappa shape index (κ1) is 48.0. The molecule has 0 aliphatic rings. The van der Waals surface area contributed by atoms with Gasteiger partial charge in [0.2, 0.25) is 11.8 Å². The second-order valence-electron chi connectivity index (χ2n) is 14.4. The van der Waals surface area contributed by atoms with Crippen LogP contribution in [-0.4, -0.2) is 66.8 Å². The molecule has 17 nitrogen and oxygen atoms in total. The average Bonchev–Trinajstić information content (AvgIpc) is 3.30. The van der Waals surface area contributed by atoms with Crippen molar-refractivity contribution in [3.63, 3.8) is 0 Å². The minimum absolute atomic E-state index is 0.0122. The Morgan fingerprint density at radius 1 is 0.621 bits per heavy atom. The molecule has 7 N–H and O–H groups in total. The van der Waals surface area contributed by atoms with Gasteiger partial charge in [0.05, 0.1) is 41.0 Å². The van der Waals surface area contributed by atoms with E-state index in [-0.39, 0.29) is 58.3 Å². The summed E-state index contributed by atoms with van der Waals surface area (Å²) < 4.78 is 17.1. The number of esters is 1. The molecule has 0 spiro atoms. The van der Waals surface area contributed by atoms with Gasteiger partial charge in [0.1, 0.15) is 19.3 Å². The highest BCUT2D eigenvalue weighted by Gasteiger charge is 2.26. The first-order valence-corrected chi connectivity index (χ1v) is 20.2. The molecule has 5 aromatic rings. The van der Waals surface area contributed by atoms with Gasteiger partial charge in [-0.1, -0.05) is 25.3 Å². The van der Waals surface area contributed by atoms with E-state index in [1.54, 1.807) is 13.8 Å². The SMILES string of the molecule is C=CCOC(=O)c1ccc(NC(=O)c2ccc(NC(=O)c3ccc(NC(=O)[C@H](CC(N)=O)NC(=O)c4ccc(NC(=O)c5ccc(C#N)cc5)cc4)cc3)c(OC(C)C)c2OCC=C)cc1. The second-order valence-corrected chi connectivity index (χ2v) is 14.4. The van der Waals surface area contributed by atoms with Gasteiger partial charge in [0.15, 0.2) is 11.5 Å². The fourth-order valence-electron chi connectivity index (χ4n) is 5.97. The molecule has 1 atom stereocenters. The molecule has 0 fully saturated rings. The normalized spacial score (nSPS) is 10.8. The number of hydrogen-bond acceptors (Lipinski definition) is 11. The van der Waals surface area contributed by atoms with Crippen molar-refractivity contribution in [3.05, 3.63) is 168 Å². The average molecular weight is 892 g/mol. The van der Waals surface area contributed by atoms with Gasteiger partial charge >= 0.3 is 5.97 Å². The summed E-state index contributed by atoms with van der Waals surface area (Å²) in [7, 11) is 0. The summed E-state index contributed by atoms with van der Waals surface area (Å²) in [5.74, 6) is -4.36. The zero-order chi connectivity index (χ0) is 47.8. The van der Waals surface area contributed by atoms with Crippen LogP contribution in [-0.2, 0) is 14.3 Å². The Morgan fingerprint density at radius 2 is 1.12 bits per heavy atom. The molecule has 0 aliphatic carbocycles. The predicted octanol–water partition coefficient (Wildman–Crippen LogP) is 6.62. The second kappa shape index (κ2) is 22.9. The topological polar surface area (TPSA) is 257 Å². The van der Waals surface area contributed by atoms with Gasteiger partial charge in [-0.25, -0.2) is 4.79 Å². The number of hydrogen-bond donors (Lipinski definition) is 6. The van der Waals surface area contributed by atoms with Crippen LogP contribution in [0.5, 0.6) is 11.5 Å². The number of benzene rings is 5. The van der Waals surface area contributed by atoms with Crippen molar-refractivity contribution in [3.8, 4) is 17.6 Å². The molecule has 0 heterocycles. The summed E-state index contributed by atoms with van der Waals surface area (Å²) >= 11 is 0. The molecule has 0 saturated heterocycles. The summed E-state index contributed by atoms with van der Waals surface area (Å²) in [4.78, 5) is 90.4. The Morgan fingerprint density at radius 3 is 1.65 bits per heavy atom. The molecule has 6 amide bonds. The van der Waals surface area contributed by atoms with Crippen molar-refractivity contribution in [2.24, 2.45) is 5.73 Å². The molecule has 0 saturated carbocycles. The maximum atomic E-state index is 13.6. The summed E-state index contributed by atoms with van der Waals surface area (Å²) in [5.41, 5.74) is 7.92. The van der Waals surface area contributed by atoms with E-state index in [4.69, 9.17) is 25.2 Å². The van der Waals surface area contributed by atoms with Crippen LogP contribution in [0.2, 0.25) is 0 Å². The number of nitrogens with zero attached hydrogens (tertiary/aromatic N) is 1. The molecule has 336 valence electrons. The Kier molecular flexibility index (Phi) is 16.6. The highest BCUT2D eigenvalue weighted by molar-refractivity contribution is 6.10. The lowest BCUT2D eigenvalue weighted by atomic mass is 10.1. The lowest BCUT2D eigenvalue weighted by molar-refractivity contribution is -0.123. The quantitative estimate of drug-likeness (QED) is 0.0357. The monoisotopic (exact) mass is 891 g/mol. The third-order valence-corrected chi connectivity index (χ3v) is 9.14. The highest BCUT2D eigenvalue weighted by atomic mass is 16.5. The first-order valence-electron chi connectivity index (χ1n) is 20.2. The lowest BCUT2D eigenvalue weighted by Gasteiger charge is -2.21. The van der Waals surface area contributed by atoms with E-state index in [9.17, 15) is 33.6 Å². The summed E-state index contributed by atoms with van der Waals surface area (Å²) in [6.45, 7) is 10.8. The van der Waals surface area contributed by atoms with Crippen LogP contribution in [0.15, 0.2) is 135 Å². The number of carbonyl (C=O) groups is 7. The maximum Gasteiger partial charge on any atom is 0.338 e. The van der Waals surface area contributed by atoms with Crippen molar-refractivity contribution in [1.29, 1.82) is 5.26 Å². The number of rotatable bonds is 20. The van der Waals surface area contributed by atoms with Crippen molar-refractivity contribution in [2.45, 2.75) is 32.4 Å². The number of amides is 6. The van der Waals surface area contributed by atoms with E-state index >= 15 is 0 Å². The summed E-state index contributed by atoms with van der Waals surface area (Å²) in [6, 6.07) is 27.2. The van der Waals surface area contributed by atoms with Gasteiger partial charge in [-0.15, -0.1) is 0 Å². The first-order chi connectivity index (χ1) is 31.7. The molecule has 0 aromatic heterocycles. The molecule has 0 radical (unpaired) electrons. The number of nitriles is 1. The Labute approximate surface area is 379 Å². The molecular weight excluding hydrogens is 847 g/mol. The van der Waals surface area contributed by atoms with E-state index in [1.807, 2.05) is 6.07 Å². The van der Waals surface area contributed by atoms with E-state index < -0.39 is 60.0 Å². The van der Waals surface area contributed by atoms with Gasteiger partial charge < -0.3 is 46.5 Å².